The van der Waals surface area contributed by atoms with Crippen LogP contribution in [0.25, 0.3) is 0 Å². The van der Waals surface area contributed by atoms with Crippen LogP contribution in [0, 0.1) is 6.92 Å². The van der Waals surface area contributed by atoms with Crippen molar-refractivity contribution in [1.29, 1.82) is 0 Å². The van der Waals surface area contributed by atoms with E-state index >= 15 is 0 Å². The minimum atomic E-state index is 0.497. The number of piperidine rings is 1. The lowest BCUT2D eigenvalue weighted by molar-refractivity contribution is 0.140. The van der Waals surface area contributed by atoms with Crippen LogP contribution in [0.15, 0.2) is 30.7 Å². The number of hydrogen-bond acceptors (Lipinski definition) is 3. The minimum absolute atomic E-state index is 0.497. The quantitative estimate of drug-likeness (QED) is 0.843. The molecule has 1 atom stereocenters. The molecule has 22 heavy (non-hydrogen) atoms. The molecule has 2 aromatic heterocycles. The van der Waals surface area contributed by atoms with Gasteiger partial charge < -0.3 is 0 Å². The third-order valence-electron chi connectivity index (χ3n) is 4.70. The minimum Gasteiger partial charge on any atom is -0.292 e. The van der Waals surface area contributed by atoms with Crippen molar-refractivity contribution in [3.8, 4) is 0 Å². The highest BCUT2D eigenvalue weighted by molar-refractivity contribution is 5.19. The number of rotatable bonds is 5. The van der Waals surface area contributed by atoms with E-state index in [-0.39, 0.29) is 0 Å². The van der Waals surface area contributed by atoms with Gasteiger partial charge in [0.05, 0.1) is 6.20 Å². The van der Waals surface area contributed by atoms with E-state index in [0.717, 1.165) is 26.1 Å². The Bertz CT molecular complexity index is 590. The number of aryl methyl sites for hydroxylation is 1. The Morgan fingerprint density at radius 1 is 1.27 bits per heavy atom. The number of likely N-dealkylation sites (tertiary alicyclic amines) is 1. The highest BCUT2D eigenvalue weighted by Crippen LogP contribution is 2.32. The van der Waals surface area contributed by atoms with Crippen molar-refractivity contribution in [3.05, 3.63) is 47.5 Å². The van der Waals surface area contributed by atoms with Gasteiger partial charge in [0.2, 0.25) is 0 Å². The molecule has 0 saturated carbocycles. The van der Waals surface area contributed by atoms with Crippen molar-refractivity contribution >= 4 is 0 Å². The lowest BCUT2D eigenvalue weighted by atomic mass is 9.96. The van der Waals surface area contributed by atoms with Crippen LogP contribution in [0.4, 0.5) is 0 Å². The Morgan fingerprint density at radius 3 is 2.95 bits per heavy atom. The van der Waals surface area contributed by atoms with Crippen molar-refractivity contribution in [2.24, 2.45) is 0 Å². The van der Waals surface area contributed by atoms with Gasteiger partial charge in [0.15, 0.2) is 0 Å². The van der Waals surface area contributed by atoms with Crippen molar-refractivity contribution in [1.82, 2.24) is 19.7 Å². The first-order valence-electron chi connectivity index (χ1n) is 8.45. The van der Waals surface area contributed by atoms with Gasteiger partial charge in [0, 0.05) is 42.8 Å². The van der Waals surface area contributed by atoms with E-state index in [0.29, 0.717) is 6.04 Å². The fraction of sp³-hybridized carbons (Fsp3) is 0.556. The first-order chi connectivity index (χ1) is 10.8. The number of nitrogens with zero attached hydrogens (tertiary/aromatic N) is 4. The van der Waals surface area contributed by atoms with Gasteiger partial charge in [-0.1, -0.05) is 19.4 Å². The van der Waals surface area contributed by atoms with Crippen molar-refractivity contribution in [2.75, 3.05) is 6.54 Å². The molecule has 0 N–H and O–H groups in total. The molecule has 1 aliphatic heterocycles. The van der Waals surface area contributed by atoms with E-state index in [1.807, 2.05) is 18.5 Å². The van der Waals surface area contributed by atoms with E-state index in [1.165, 1.54) is 36.1 Å². The predicted octanol–water partition coefficient (Wildman–Crippen LogP) is 3.72. The molecule has 0 amide bonds. The summed E-state index contributed by atoms with van der Waals surface area (Å²) in [5, 5.41) is 4.55. The maximum Gasteiger partial charge on any atom is 0.0537 e. The van der Waals surface area contributed by atoms with E-state index in [1.54, 1.807) is 0 Å². The maximum absolute atomic E-state index is 4.55. The molecule has 0 unspecified atom stereocenters. The number of aromatic nitrogens is 3. The van der Waals surface area contributed by atoms with Gasteiger partial charge in [-0.2, -0.15) is 5.10 Å². The van der Waals surface area contributed by atoms with Crippen LogP contribution in [0.1, 0.15) is 55.5 Å². The van der Waals surface area contributed by atoms with Gasteiger partial charge in [-0.15, -0.1) is 0 Å². The van der Waals surface area contributed by atoms with E-state index in [2.05, 4.69) is 45.8 Å². The molecule has 3 rings (SSSR count). The largest absolute Gasteiger partial charge is 0.292 e. The third-order valence-corrected chi connectivity index (χ3v) is 4.70. The van der Waals surface area contributed by atoms with Crippen LogP contribution < -0.4 is 0 Å². The highest BCUT2D eigenvalue weighted by Gasteiger charge is 2.25. The Hall–Kier alpha value is -1.68. The average molecular weight is 298 g/mol. The second kappa shape index (κ2) is 7.05. The van der Waals surface area contributed by atoms with Gasteiger partial charge in [0.25, 0.3) is 0 Å². The molecule has 1 aliphatic rings. The number of pyridine rings is 1. The van der Waals surface area contributed by atoms with Gasteiger partial charge in [-0.05, 0) is 44.4 Å². The first-order valence-corrected chi connectivity index (χ1v) is 8.45. The summed E-state index contributed by atoms with van der Waals surface area (Å²) in [6.45, 7) is 7.57. The lowest BCUT2D eigenvalue weighted by Gasteiger charge is -2.35. The summed E-state index contributed by atoms with van der Waals surface area (Å²) in [6.07, 6.45) is 10.9. The zero-order valence-corrected chi connectivity index (χ0v) is 13.7. The monoisotopic (exact) mass is 298 g/mol. The Morgan fingerprint density at radius 2 is 2.18 bits per heavy atom. The molecular formula is C18H26N4. The Labute approximate surface area is 133 Å². The van der Waals surface area contributed by atoms with Crippen molar-refractivity contribution < 1.29 is 0 Å². The van der Waals surface area contributed by atoms with Crippen LogP contribution in [-0.2, 0) is 13.1 Å². The molecule has 0 aromatic carbocycles. The molecule has 0 radical (unpaired) electrons. The van der Waals surface area contributed by atoms with Crippen LogP contribution in [0.5, 0.6) is 0 Å². The molecular weight excluding hydrogens is 272 g/mol. The average Bonchev–Trinajstić information content (AvgIpc) is 2.90. The zero-order valence-electron chi connectivity index (χ0n) is 13.7. The summed E-state index contributed by atoms with van der Waals surface area (Å²) in [6, 6.07) is 4.76. The third kappa shape index (κ3) is 3.22. The molecule has 0 aliphatic carbocycles. The van der Waals surface area contributed by atoms with E-state index < -0.39 is 0 Å². The second-order valence-corrected chi connectivity index (χ2v) is 6.25. The molecule has 1 fully saturated rings. The normalized spacial score (nSPS) is 19.5. The van der Waals surface area contributed by atoms with Gasteiger partial charge in [0.1, 0.15) is 0 Å². The van der Waals surface area contributed by atoms with Crippen LogP contribution in [0.2, 0.25) is 0 Å². The molecule has 4 nitrogen and oxygen atoms in total. The maximum atomic E-state index is 4.55. The van der Waals surface area contributed by atoms with Crippen molar-refractivity contribution in [2.45, 2.75) is 58.7 Å². The van der Waals surface area contributed by atoms with E-state index in [9.17, 15) is 0 Å². The zero-order chi connectivity index (χ0) is 15.4. The fourth-order valence-electron chi connectivity index (χ4n) is 3.43. The summed E-state index contributed by atoms with van der Waals surface area (Å²) in [5.74, 6) is 0. The Balaban J connectivity index is 1.77. The summed E-state index contributed by atoms with van der Waals surface area (Å²) in [4.78, 5) is 6.90. The topological polar surface area (TPSA) is 34.0 Å². The van der Waals surface area contributed by atoms with Crippen LogP contribution in [-0.4, -0.2) is 26.2 Å². The van der Waals surface area contributed by atoms with Gasteiger partial charge in [-0.3, -0.25) is 14.6 Å². The SMILES string of the molecule is CCCn1ncc(CN2CCCC[C@@H]2c2cccnc2)c1C. The first kappa shape index (κ1) is 15.2. The fourth-order valence-corrected chi connectivity index (χ4v) is 3.43. The molecule has 2 aromatic rings. The molecule has 0 bridgehead atoms. The molecule has 4 heteroatoms. The summed E-state index contributed by atoms with van der Waals surface area (Å²) in [5.41, 5.74) is 4.03. The highest BCUT2D eigenvalue weighted by atomic mass is 15.3. The molecule has 0 spiro atoms. The second-order valence-electron chi connectivity index (χ2n) is 6.25. The van der Waals surface area contributed by atoms with E-state index in [4.69, 9.17) is 0 Å². The predicted molar refractivity (Wildman–Crippen MR) is 88.5 cm³/mol. The van der Waals surface area contributed by atoms with Crippen LogP contribution >= 0.6 is 0 Å². The Kier molecular flexibility index (Phi) is 4.88. The number of hydrogen-bond donors (Lipinski definition) is 0. The van der Waals surface area contributed by atoms with Crippen molar-refractivity contribution in [3.63, 3.8) is 0 Å². The molecule has 3 heterocycles. The molecule has 1 saturated heterocycles. The smallest absolute Gasteiger partial charge is 0.0537 e. The van der Waals surface area contributed by atoms with Gasteiger partial charge >= 0.3 is 0 Å². The lowest BCUT2D eigenvalue weighted by Crippen LogP contribution is -2.33. The summed E-state index contributed by atoms with van der Waals surface area (Å²) >= 11 is 0. The summed E-state index contributed by atoms with van der Waals surface area (Å²) in [7, 11) is 0. The van der Waals surface area contributed by atoms with Crippen LogP contribution in [0.3, 0.4) is 0 Å². The standard InChI is InChI=1S/C18H26N4/c1-3-10-22-15(2)17(13-20-22)14-21-11-5-4-8-18(21)16-7-6-9-19-12-16/h6-7,9,12-13,18H,3-5,8,10-11,14H2,1-2H3/t18-/m1/s1. The molecule has 118 valence electrons. The summed E-state index contributed by atoms with van der Waals surface area (Å²) < 4.78 is 2.14. The van der Waals surface area contributed by atoms with Gasteiger partial charge in [-0.25, -0.2) is 0 Å².